The van der Waals surface area contributed by atoms with Crippen molar-refractivity contribution in [3.05, 3.63) is 71.3 Å². The molecule has 2 amide bonds. The van der Waals surface area contributed by atoms with E-state index in [-0.39, 0.29) is 12.6 Å². The van der Waals surface area contributed by atoms with Gasteiger partial charge in [0.25, 0.3) is 0 Å². The molecule has 0 saturated carbocycles. The number of benzene rings is 1. The number of hydrogen-bond donors (Lipinski definition) is 3. The number of carbonyl (C=O) groups is 2. The maximum atomic E-state index is 12.7. The molecule has 0 saturated heterocycles. The lowest BCUT2D eigenvalue weighted by molar-refractivity contribution is -0.139. The Hall–Kier alpha value is -3.06. The minimum Gasteiger partial charge on any atom is -0.467 e. The number of rotatable bonds is 8. The predicted molar refractivity (Wildman–Crippen MR) is 109 cm³/mol. The third-order valence-corrected chi connectivity index (χ3v) is 4.80. The Bertz CT molecular complexity index is 859. The molecule has 7 heteroatoms. The molecule has 1 aromatic heterocycles. The molecule has 1 aromatic carbocycles. The minimum absolute atomic E-state index is 0.0565. The summed E-state index contributed by atoms with van der Waals surface area (Å²) >= 11 is 0. The van der Waals surface area contributed by atoms with E-state index in [1.165, 1.54) is 6.26 Å². The van der Waals surface area contributed by atoms with E-state index in [1.54, 1.807) is 19.1 Å². The molecule has 0 radical (unpaired) electrons. The summed E-state index contributed by atoms with van der Waals surface area (Å²) in [6.07, 6.45) is 1.51. The Labute approximate surface area is 170 Å². The Morgan fingerprint density at radius 1 is 1.21 bits per heavy atom. The number of carbonyl (C=O) groups excluding carboxylic acids is 2. The van der Waals surface area contributed by atoms with Gasteiger partial charge in [-0.05, 0) is 30.5 Å². The summed E-state index contributed by atoms with van der Waals surface area (Å²) in [4.78, 5) is 25.0. The second kappa shape index (κ2) is 9.43. The highest BCUT2D eigenvalue weighted by molar-refractivity contribution is 5.95. The fourth-order valence-electron chi connectivity index (χ4n) is 3.49. The van der Waals surface area contributed by atoms with Gasteiger partial charge in [0.1, 0.15) is 11.8 Å². The van der Waals surface area contributed by atoms with E-state index in [4.69, 9.17) is 9.15 Å². The summed E-state index contributed by atoms with van der Waals surface area (Å²) < 4.78 is 10.7. The molecule has 2 aromatic rings. The molecule has 2 atom stereocenters. The van der Waals surface area contributed by atoms with Crippen molar-refractivity contribution in [1.82, 2.24) is 16.0 Å². The lowest BCUT2D eigenvalue weighted by Gasteiger charge is -2.30. The molecule has 1 aliphatic heterocycles. The van der Waals surface area contributed by atoms with Gasteiger partial charge in [-0.15, -0.1) is 0 Å². The fraction of sp³-hybridized carbons (Fsp3) is 0.364. The number of amides is 2. The molecule has 7 nitrogen and oxygen atoms in total. The van der Waals surface area contributed by atoms with Crippen molar-refractivity contribution in [2.75, 3.05) is 13.2 Å². The molecule has 0 spiro atoms. The summed E-state index contributed by atoms with van der Waals surface area (Å²) in [6, 6.07) is 12.5. The number of nitrogens with one attached hydrogen (secondary N) is 3. The zero-order valence-electron chi connectivity index (χ0n) is 16.9. The molecule has 3 N–H and O–H groups in total. The highest BCUT2D eigenvalue weighted by Crippen LogP contribution is 2.29. The van der Waals surface area contributed by atoms with Crippen LogP contribution >= 0.6 is 0 Å². The van der Waals surface area contributed by atoms with E-state index < -0.39 is 18.0 Å². The standard InChI is InChI=1S/C22H27N3O4/c1-4-28-21(26)18-16(24-22(27)25-20(18)17-11-8-12-29-17)13-23-19(14(2)3)15-9-6-5-7-10-15/h5-12,14,19-20,23H,4,13H2,1-3H3,(H2,24,25,27)/t19-,20-/m0/s1. The van der Waals surface area contributed by atoms with Crippen molar-refractivity contribution < 1.29 is 18.7 Å². The Morgan fingerprint density at radius 3 is 2.59 bits per heavy atom. The van der Waals surface area contributed by atoms with Gasteiger partial charge in [0.05, 0.1) is 18.4 Å². The molecule has 154 valence electrons. The van der Waals surface area contributed by atoms with Crippen molar-refractivity contribution in [1.29, 1.82) is 0 Å². The normalized spacial score (nSPS) is 17.7. The van der Waals surface area contributed by atoms with Gasteiger partial charge >= 0.3 is 12.0 Å². The zero-order valence-corrected chi connectivity index (χ0v) is 16.9. The number of ether oxygens (including phenoxy) is 1. The van der Waals surface area contributed by atoms with Crippen LogP contribution < -0.4 is 16.0 Å². The van der Waals surface area contributed by atoms with Crippen LogP contribution in [-0.4, -0.2) is 25.2 Å². The number of hydrogen-bond acceptors (Lipinski definition) is 5. The zero-order chi connectivity index (χ0) is 20.8. The number of esters is 1. The highest BCUT2D eigenvalue weighted by Gasteiger charge is 2.35. The molecule has 0 unspecified atom stereocenters. The van der Waals surface area contributed by atoms with Crippen LogP contribution in [0.2, 0.25) is 0 Å². The summed E-state index contributed by atoms with van der Waals surface area (Å²) in [6.45, 7) is 6.53. The first-order valence-electron chi connectivity index (χ1n) is 9.80. The molecule has 2 heterocycles. The Morgan fingerprint density at radius 2 is 1.97 bits per heavy atom. The van der Waals surface area contributed by atoms with Gasteiger partial charge in [0, 0.05) is 18.3 Å². The van der Waals surface area contributed by atoms with Crippen molar-refractivity contribution >= 4 is 12.0 Å². The van der Waals surface area contributed by atoms with Gasteiger partial charge in [-0.25, -0.2) is 9.59 Å². The first-order valence-corrected chi connectivity index (χ1v) is 9.80. The molecule has 0 bridgehead atoms. The highest BCUT2D eigenvalue weighted by atomic mass is 16.5. The van der Waals surface area contributed by atoms with Crippen LogP contribution in [0.3, 0.4) is 0 Å². The lowest BCUT2D eigenvalue weighted by atomic mass is 9.95. The van der Waals surface area contributed by atoms with Crippen LogP contribution in [0.5, 0.6) is 0 Å². The van der Waals surface area contributed by atoms with Crippen LogP contribution in [0.25, 0.3) is 0 Å². The number of furan rings is 1. The summed E-state index contributed by atoms with van der Waals surface area (Å²) in [5.74, 6) is 0.296. The summed E-state index contributed by atoms with van der Waals surface area (Å²) in [5, 5.41) is 9.00. The lowest BCUT2D eigenvalue weighted by Crippen LogP contribution is -2.48. The van der Waals surface area contributed by atoms with Gasteiger partial charge in [-0.3, -0.25) is 0 Å². The maximum Gasteiger partial charge on any atom is 0.338 e. The van der Waals surface area contributed by atoms with Crippen LogP contribution in [0.4, 0.5) is 4.79 Å². The van der Waals surface area contributed by atoms with E-state index >= 15 is 0 Å². The van der Waals surface area contributed by atoms with E-state index in [0.717, 1.165) is 5.56 Å². The fourth-order valence-corrected chi connectivity index (χ4v) is 3.49. The molecule has 0 aliphatic carbocycles. The quantitative estimate of drug-likeness (QED) is 0.594. The van der Waals surface area contributed by atoms with Crippen molar-refractivity contribution in [2.45, 2.75) is 32.9 Å². The monoisotopic (exact) mass is 397 g/mol. The van der Waals surface area contributed by atoms with Crippen LogP contribution in [0.1, 0.15) is 44.2 Å². The topological polar surface area (TPSA) is 92.6 Å². The molecular weight excluding hydrogens is 370 g/mol. The van der Waals surface area contributed by atoms with Crippen LogP contribution in [0.15, 0.2) is 64.4 Å². The van der Waals surface area contributed by atoms with E-state index in [2.05, 4.69) is 41.9 Å². The predicted octanol–water partition coefficient (Wildman–Crippen LogP) is 3.44. The second-order valence-corrected chi connectivity index (χ2v) is 7.17. The third-order valence-electron chi connectivity index (χ3n) is 4.80. The first-order chi connectivity index (χ1) is 14.0. The largest absolute Gasteiger partial charge is 0.467 e. The maximum absolute atomic E-state index is 12.7. The molecule has 1 aliphatic rings. The third kappa shape index (κ3) is 4.86. The Balaban J connectivity index is 1.92. The first kappa shape index (κ1) is 20.7. The SMILES string of the molecule is CCOC(=O)C1=C(CN[C@H](c2ccccc2)C(C)C)NC(=O)N[C@H]1c1ccco1. The van der Waals surface area contributed by atoms with Gasteiger partial charge in [-0.2, -0.15) is 0 Å². The summed E-state index contributed by atoms with van der Waals surface area (Å²) in [5.41, 5.74) is 1.96. The van der Waals surface area contributed by atoms with Crippen molar-refractivity contribution in [2.24, 2.45) is 5.92 Å². The smallest absolute Gasteiger partial charge is 0.338 e. The van der Waals surface area contributed by atoms with Crippen molar-refractivity contribution in [3.63, 3.8) is 0 Å². The molecular formula is C22H27N3O4. The van der Waals surface area contributed by atoms with Gasteiger partial charge in [0.15, 0.2) is 0 Å². The Kier molecular flexibility index (Phi) is 6.72. The van der Waals surface area contributed by atoms with Gasteiger partial charge < -0.3 is 25.1 Å². The second-order valence-electron chi connectivity index (χ2n) is 7.17. The van der Waals surface area contributed by atoms with Crippen molar-refractivity contribution in [3.8, 4) is 0 Å². The van der Waals surface area contributed by atoms with E-state index in [0.29, 0.717) is 29.5 Å². The molecule has 3 rings (SSSR count). The van der Waals surface area contributed by atoms with Crippen LogP contribution in [-0.2, 0) is 9.53 Å². The van der Waals surface area contributed by atoms with Crippen LogP contribution in [0, 0.1) is 5.92 Å². The summed E-state index contributed by atoms with van der Waals surface area (Å²) in [7, 11) is 0. The average Bonchev–Trinajstić information content (AvgIpc) is 3.23. The molecule has 29 heavy (non-hydrogen) atoms. The minimum atomic E-state index is -0.705. The van der Waals surface area contributed by atoms with E-state index in [1.807, 2.05) is 18.2 Å². The van der Waals surface area contributed by atoms with Gasteiger partial charge in [0.2, 0.25) is 0 Å². The molecule has 0 fully saturated rings. The van der Waals surface area contributed by atoms with Gasteiger partial charge in [-0.1, -0.05) is 44.2 Å². The average molecular weight is 397 g/mol. The number of urea groups is 1. The van der Waals surface area contributed by atoms with E-state index in [9.17, 15) is 9.59 Å².